The Bertz CT molecular complexity index is 1170. The first-order valence-electron chi connectivity index (χ1n) is 12.7. The molecule has 0 aliphatic heterocycles. The van der Waals surface area contributed by atoms with E-state index in [1.165, 1.54) is 38.5 Å². The van der Waals surface area contributed by atoms with E-state index in [1.54, 1.807) is 16.9 Å². The van der Waals surface area contributed by atoms with Crippen LogP contribution in [0.1, 0.15) is 74.8 Å². The van der Waals surface area contributed by atoms with Gasteiger partial charge in [-0.2, -0.15) is 10.2 Å². The molecule has 33 heavy (non-hydrogen) atoms. The number of aromatic nitrogens is 5. The number of nitrogens with zero attached hydrogens (tertiary/aromatic N) is 5. The quantitative estimate of drug-likeness (QED) is 0.598. The molecule has 7 rings (SSSR count). The number of hydrogen-bond donors (Lipinski definition) is 1. The van der Waals surface area contributed by atoms with E-state index < -0.39 is 0 Å². The van der Waals surface area contributed by atoms with Crippen molar-refractivity contribution >= 4 is 11.6 Å². The monoisotopic (exact) mass is 446 g/mol. The van der Waals surface area contributed by atoms with E-state index >= 15 is 0 Å². The second-order valence-electron chi connectivity index (χ2n) is 10.8. The molecule has 3 heterocycles. The van der Waals surface area contributed by atoms with Crippen LogP contribution in [0, 0.1) is 30.1 Å². The summed E-state index contributed by atoms with van der Waals surface area (Å²) in [4.78, 5) is 18.1. The fourth-order valence-corrected chi connectivity index (χ4v) is 7.72. The third-order valence-corrected chi connectivity index (χ3v) is 8.73. The molecular formula is C26H34N6O. The molecule has 4 bridgehead atoms. The van der Waals surface area contributed by atoms with Crippen molar-refractivity contribution in [1.82, 2.24) is 29.7 Å². The molecular weight excluding hydrogens is 412 g/mol. The smallest absolute Gasteiger partial charge is 0.257 e. The summed E-state index contributed by atoms with van der Waals surface area (Å²) in [5, 5.41) is 12.6. The average molecular weight is 447 g/mol. The minimum Gasteiger partial charge on any atom is -0.349 e. The summed E-state index contributed by atoms with van der Waals surface area (Å²) in [7, 11) is 0. The van der Waals surface area contributed by atoms with Crippen LogP contribution >= 0.6 is 0 Å². The van der Waals surface area contributed by atoms with Gasteiger partial charge in [-0.25, -0.2) is 9.50 Å². The van der Waals surface area contributed by atoms with E-state index in [1.807, 2.05) is 23.9 Å². The molecule has 1 N–H and O–H groups in total. The van der Waals surface area contributed by atoms with Gasteiger partial charge in [0, 0.05) is 30.5 Å². The lowest BCUT2D eigenvalue weighted by atomic mass is 9.47. The van der Waals surface area contributed by atoms with Crippen LogP contribution in [0.5, 0.6) is 0 Å². The van der Waals surface area contributed by atoms with Gasteiger partial charge >= 0.3 is 0 Å². The van der Waals surface area contributed by atoms with E-state index in [2.05, 4.69) is 34.3 Å². The highest BCUT2D eigenvalue weighted by atomic mass is 16.1. The normalized spacial score (nSPS) is 29.0. The van der Waals surface area contributed by atoms with Crippen LogP contribution in [-0.4, -0.2) is 36.3 Å². The van der Waals surface area contributed by atoms with Crippen LogP contribution in [0.3, 0.4) is 0 Å². The predicted octanol–water partition coefficient (Wildman–Crippen LogP) is 4.65. The summed E-state index contributed by atoms with van der Waals surface area (Å²) < 4.78 is 3.70. The Balaban J connectivity index is 1.30. The number of fused-ring (bicyclic) bond motifs is 1. The Labute approximate surface area is 195 Å². The third-order valence-electron chi connectivity index (χ3n) is 8.73. The number of rotatable bonds is 6. The first kappa shape index (κ1) is 20.9. The molecule has 7 nitrogen and oxygen atoms in total. The molecule has 0 aromatic carbocycles. The molecule has 4 aliphatic rings. The van der Waals surface area contributed by atoms with Crippen molar-refractivity contribution in [2.24, 2.45) is 23.2 Å². The number of amides is 1. The van der Waals surface area contributed by atoms with E-state index in [-0.39, 0.29) is 17.4 Å². The van der Waals surface area contributed by atoms with Crippen LogP contribution in [0.4, 0.5) is 0 Å². The third kappa shape index (κ3) is 3.30. The average Bonchev–Trinajstić information content (AvgIpc) is 3.39. The molecule has 0 saturated heterocycles. The number of aryl methyl sites for hydroxylation is 2. The zero-order valence-electron chi connectivity index (χ0n) is 19.9. The van der Waals surface area contributed by atoms with Crippen molar-refractivity contribution < 1.29 is 4.79 Å². The molecule has 0 radical (unpaired) electrons. The summed E-state index contributed by atoms with van der Waals surface area (Å²) in [6.07, 6.45) is 14.6. The van der Waals surface area contributed by atoms with Gasteiger partial charge in [-0.15, -0.1) is 0 Å². The van der Waals surface area contributed by atoms with E-state index in [4.69, 9.17) is 0 Å². The molecule has 4 saturated carbocycles. The Hall–Kier alpha value is -2.70. The lowest BCUT2D eigenvalue weighted by molar-refractivity contribution is -0.0727. The molecule has 3 aromatic rings. The minimum atomic E-state index is -0.0433. The van der Waals surface area contributed by atoms with E-state index in [0.717, 1.165) is 47.7 Å². The highest BCUT2D eigenvalue weighted by Crippen LogP contribution is 2.61. The Morgan fingerprint density at radius 2 is 1.88 bits per heavy atom. The molecule has 3 aromatic heterocycles. The van der Waals surface area contributed by atoms with Crippen LogP contribution in [0.2, 0.25) is 0 Å². The first-order chi connectivity index (χ1) is 16.0. The predicted molar refractivity (Wildman–Crippen MR) is 127 cm³/mol. The minimum absolute atomic E-state index is 0.0433. The van der Waals surface area contributed by atoms with Crippen molar-refractivity contribution in [3.63, 3.8) is 0 Å². The van der Waals surface area contributed by atoms with Gasteiger partial charge in [0.05, 0.1) is 17.6 Å². The van der Waals surface area contributed by atoms with Crippen molar-refractivity contribution in [3.8, 4) is 11.3 Å². The summed E-state index contributed by atoms with van der Waals surface area (Å²) in [6, 6.07) is 2.16. The molecule has 4 aliphatic carbocycles. The SMILES string of the molecule is CCC(NC(=O)c1cnn2c(-c3cn(CC)nc3C)ccnc12)C12CC3CC(CC(C3)C1)C2. The van der Waals surface area contributed by atoms with Gasteiger partial charge in [0.15, 0.2) is 5.65 Å². The highest BCUT2D eigenvalue weighted by molar-refractivity contribution is 6.00. The largest absolute Gasteiger partial charge is 0.349 e. The number of carbonyl (C=O) groups is 1. The lowest BCUT2D eigenvalue weighted by Gasteiger charge is -2.59. The van der Waals surface area contributed by atoms with Gasteiger partial charge in [0.2, 0.25) is 0 Å². The van der Waals surface area contributed by atoms with E-state index in [0.29, 0.717) is 11.2 Å². The second-order valence-corrected chi connectivity index (χ2v) is 10.8. The first-order valence-corrected chi connectivity index (χ1v) is 12.7. The zero-order chi connectivity index (χ0) is 22.7. The Kier molecular flexibility index (Phi) is 4.85. The summed E-state index contributed by atoms with van der Waals surface area (Å²) in [5.74, 6) is 2.57. The second kappa shape index (κ2) is 7.67. The number of nitrogens with one attached hydrogen (secondary N) is 1. The maximum atomic E-state index is 13.5. The van der Waals surface area contributed by atoms with E-state index in [9.17, 15) is 4.79 Å². The Morgan fingerprint density at radius 1 is 1.18 bits per heavy atom. The highest BCUT2D eigenvalue weighted by Gasteiger charge is 2.54. The maximum Gasteiger partial charge on any atom is 0.257 e. The van der Waals surface area contributed by atoms with Crippen molar-refractivity contribution in [1.29, 1.82) is 0 Å². The molecule has 1 unspecified atom stereocenters. The van der Waals surface area contributed by atoms with Gasteiger partial charge in [0.25, 0.3) is 5.91 Å². The molecule has 0 spiro atoms. The van der Waals surface area contributed by atoms with Crippen LogP contribution in [0.25, 0.3) is 16.9 Å². The number of carbonyl (C=O) groups excluding carboxylic acids is 1. The topological polar surface area (TPSA) is 77.1 Å². The summed E-state index contributed by atoms with van der Waals surface area (Å²) >= 11 is 0. The lowest BCUT2D eigenvalue weighted by Crippen LogP contribution is -2.56. The Morgan fingerprint density at radius 3 is 2.48 bits per heavy atom. The van der Waals surface area contributed by atoms with Crippen LogP contribution in [0.15, 0.2) is 24.7 Å². The summed E-state index contributed by atoms with van der Waals surface area (Å²) in [6.45, 7) is 7.11. The summed E-state index contributed by atoms with van der Waals surface area (Å²) in [5.41, 5.74) is 4.31. The standard InChI is InChI=1S/C26H34N6O/c1-4-23(26-11-17-8-18(12-26)10-19(9-17)13-26)29-25(33)20-14-28-32-22(6-7-27-24(20)32)21-15-31(5-2)30-16(21)3/h6-7,14-15,17-19,23H,4-5,8-13H2,1-3H3,(H,29,33). The van der Waals surface area contributed by atoms with Crippen molar-refractivity contribution in [2.45, 2.75) is 78.3 Å². The molecule has 7 heteroatoms. The van der Waals surface area contributed by atoms with Crippen LogP contribution < -0.4 is 5.32 Å². The van der Waals surface area contributed by atoms with Gasteiger partial charge in [-0.3, -0.25) is 9.48 Å². The van der Waals surface area contributed by atoms with Crippen molar-refractivity contribution in [2.75, 3.05) is 0 Å². The zero-order valence-corrected chi connectivity index (χ0v) is 19.9. The van der Waals surface area contributed by atoms with Gasteiger partial charge in [-0.1, -0.05) is 6.92 Å². The van der Waals surface area contributed by atoms with Gasteiger partial charge < -0.3 is 5.32 Å². The van der Waals surface area contributed by atoms with Crippen molar-refractivity contribution in [3.05, 3.63) is 35.9 Å². The molecule has 1 atom stereocenters. The number of hydrogen-bond acceptors (Lipinski definition) is 4. The molecule has 4 fully saturated rings. The van der Waals surface area contributed by atoms with Crippen LogP contribution in [-0.2, 0) is 6.54 Å². The fraction of sp³-hybridized carbons (Fsp3) is 0.615. The maximum absolute atomic E-state index is 13.5. The van der Waals surface area contributed by atoms with Gasteiger partial charge in [0.1, 0.15) is 5.56 Å². The molecule has 174 valence electrons. The fourth-order valence-electron chi connectivity index (χ4n) is 7.72. The molecule has 1 amide bonds. The van der Waals surface area contributed by atoms with Gasteiger partial charge in [-0.05, 0) is 88.0 Å².